The lowest BCUT2D eigenvalue weighted by molar-refractivity contribution is -0.137. The summed E-state index contributed by atoms with van der Waals surface area (Å²) in [6.45, 7) is -2.56. The van der Waals surface area contributed by atoms with E-state index < -0.39 is 30.5 Å². The minimum absolute atomic E-state index is 0.0674. The molecule has 0 fully saturated rings. The number of nitrogens with one attached hydrogen (secondary N) is 2. The summed E-state index contributed by atoms with van der Waals surface area (Å²) >= 11 is 0. The number of carbonyl (C=O) groups is 2. The van der Waals surface area contributed by atoms with Gasteiger partial charge in [0.05, 0.1) is 0 Å². The second-order valence-electron chi connectivity index (χ2n) is 6.50. The summed E-state index contributed by atoms with van der Waals surface area (Å²) in [7, 11) is 0. The number of halogens is 4. The van der Waals surface area contributed by atoms with Crippen LogP contribution in [-0.2, 0) is 9.59 Å². The quantitative estimate of drug-likeness (QED) is 0.388. The molecule has 0 aliphatic carbocycles. The van der Waals surface area contributed by atoms with E-state index in [1.54, 1.807) is 13.8 Å². The van der Waals surface area contributed by atoms with Crippen molar-refractivity contribution in [2.24, 2.45) is 5.41 Å². The van der Waals surface area contributed by atoms with E-state index in [4.69, 9.17) is 0 Å². The van der Waals surface area contributed by atoms with Crippen molar-refractivity contribution >= 4 is 23.2 Å². The molecule has 2 rings (SSSR count). The standard InChI is InChI=1S/C21H22F4N2O4/c1-3-21(4-2,17(28)26-13-5-9-15(10-6-13)30-19(22)23)18(29)27-14-7-11-16(12-8-14)31-20(24)25/h5-12,19-20H,3-4H2,1-2H3,(H,26,28)(H,27,29). The molecule has 0 aromatic heterocycles. The Morgan fingerprint density at radius 3 is 1.32 bits per heavy atom. The van der Waals surface area contributed by atoms with Gasteiger partial charge < -0.3 is 20.1 Å². The van der Waals surface area contributed by atoms with Gasteiger partial charge in [0.15, 0.2) is 0 Å². The molecule has 0 aliphatic rings. The van der Waals surface area contributed by atoms with E-state index in [0.717, 1.165) is 0 Å². The molecule has 31 heavy (non-hydrogen) atoms. The molecule has 2 aromatic rings. The molecule has 0 bridgehead atoms. The van der Waals surface area contributed by atoms with Gasteiger partial charge in [-0.2, -0.15) is 17.6 Å². The first-order chi connectivity index (χ1) is 14.7. The summed E-state index contributed by atoms with van der Waals surface area (Å²) < 4.78 is 57.5. The zero-order valence-corrected chi connectivity index (χ0v) is 16.8. The van der Waals surface area contributed by atoms with Crippen molar-refractivity contribution in [2.75, 3.05) is 10.6 Å². The maximum absolute atomic E-state index is 12.9. The maximum Gasteiger partial charge on any atom is 0.387 e. The summed E-state index contributed by atoms with van der Waals surface area (Å²) in [5, 5.41) is 5.23. The minimum Gasteiger partial charge on any atom is -0.435 e. The van der Waals surface area contributed by atoms with Crippen LogP contribution in [0.15, 0.2) is 48.5 Å². The molecule has 0 heterocycles. The van der Waals surface area contributed by atoms with Gasteiger partial charge in [-0.3, -0.25) is 9.59 Å². The van der Waals surface area contributed by atoms with Gasteiger partial charge >= 0.3 is 13.2 Å². The predicted molar refractivity (Wildman–Crippen MR) is 106 cm³/mol. The van der Waals surface area contributed by atoms with Crippen molar-refractivity contribution in [1.82, 2.24) is 0 Å². The molecule has 2 N–H and O–H groups in total. The zero-order valence-electron chi connectivity index (χ0n) is 16.8. The van der Waals surface area contributed by atoms with Gasteiger partial charge in [-0.1, -0.05) is 13.8 Å². The highest BCUT2D eigenvalue weighted by molar-refractivity contribution is 6.14. The van der Waals surface area contributed by atoms with Crippen LogP contribution < -0.4 is 20.1 Å². The number of carbonyl (C=O) groups excluding carboxylic acids is 2. The Balaban J connectivity index is 2.12. The van der Waals surface area contributed by atoms with Crippen LogP contribution in [0.3, 0.4) is 0 Å². The topological polar surface area (TPSA) is 76.7 Å². The maximum atomic E-state index is 12.9. The van der Waals surface area contributed by atoms with Crippen molar-refractivity contribution in [3.05, 3.63) is 48.5 Å². The van der Waals surface area contributed by atoms with Gasteiger partial charge in [0.1, 0.15) is 16.9 Å². The van der Waals surface area contributed by atoms with Crippen molar-refractivity contribution in [2.45, 2.75) is 39.9 Å². The average Bonchev–Trinajstić information content (AvgIpc) is 2.71. The van der Waals surface area contributed by atoms with Crippen LogP contribution in [0.2, 0.25) is 0 Å². The van der Waals surface area contributed by atoms with Gasteiger partial charge in [0.2, 0.25) is 11.8 Å². The highest BCUT2D eigenvalue weighted by Gasteiger charge is 2.42. The first kappa shape index (κ1) is 24.0. The second kappa shape index (κ2) is 10.6. The van der Waals surface area contributed by atoms with Crippen LogP contribution in [0.5, 0.6) is 11.5 Å². The molecule has 0 aliphatic heterocycles. The average molecular weight is 442 g/mol. The molecule has 10 heteroatoms. The Morgan fingerprint density at radius 1 is 0.742 bits per heavy atom. The Morgan fingerprint density at radius 2 is 1.06 bits per heavy atom. The van der Waals surface area contributed by atoms with Gasteiger partial charge in [-0.05, 0) is 61.4 Å². The summed E-state index contributed by atoms with van der Waals surface area (Å²) in [5.41, 5.74) is -0.811. The molecular formula is C21H22F4N2O4. The lowest BCUT2D eigenvalue weighted by atomic mass is 9.80. The van der Waals surface area contributed by atoms with E-state index in [0.29, 0.717) is 11.4 Å². The number of anilines is 2. The van der Waals surface area contributed by atoms with E-state index in [2.05, 4.69) is 20.1 Å². The fraction of sp³-hybridized carbons (Fsp3) is 0.333. The van der Waals surface area contributed by atoms with E-state index in [1.807, 2.05) is 0 Å². The number of hydrogen-bond donors (Lipinski definition) is 2. The molecule has 0 radical (unpaired) electrons. The largest absolute Gasteiger partial charge is 0.435 e. The number of alkyl halides is 4. The molecule has 0 saturated carbocycles. The number of ether oxygens (including phenoxy) is 2. The molecule has 0 spiro atoms. The fourth-order valence-electron chi connectivity index (χ4n) is 2.94. The third-order valence-electron chi connectivity index (χ3n) is 4.75. The zero-order chi connectivity index (χ0) is 23.0. The van der Waals surface area contributed by atoms with Crippen LogP contribution in [0.25, 0.3) is 0 Å². The highest BCUT2D eigenvalue weighted by atomic mass is 19.3. The third-order valence-corrected chi connectivity index (χ3v) is 4.75. The lowest BCUT2D eigenvalue weighted by Crippen LogP contribution is -2.45. The van der Waals surface area contributed by atoms with Gasteiger partial charge in [-0.25, -0.2) is 0 Å². The fourth-order valence-corrected chi connectivity index (χ4v) is 2.94. The van der Waals surface area contributed by atoms with Gasteiger partial charge in [-0.15, -0.1) is 0 Å². The number of rotatable bonds is 10. The smallest absolute Gasteiger partial charge is 0.387 e. The van der Waals surface area contributed by atoms with Gasteiger partial charge in [0.25, 0.3) is 0 Å². The van der Waals surface area contributed by atoms with E-state index in [1.165, 1.54) is 48.5 Å². The second-order valence-corrected chi connectivity index (χ2v) is 6.50. The predicted octanol–water partition coefficient (Wildman–Crippen LogP) is 5.27. The lowest BCUT2D eigenvalue weighted by Gasteiger charge is -2.29. The normalized spacial score (nSPS) is 11.4. The number of amides is 2. The van der Waals surface area contributed by atoms with Crippen LogP contribution in [0.1, 0.15) is 26.7 Å². The summed E-state index contributed by atoms with van der Waals surface area (Å²) in [6.07, 6.45) is 0.362. The summed E-state index contributed by atoms with van der Waals surface area (Å²) in [6, 6.07) is 10.6. The molecule has 2 amide bonds. The van der Waals surface area contributed by atoms with E-state index >= 15 is 0 Å². The molecular weight excluding hydrogens is 420 g/mol. The highest BCUT2D eigenvalue weighted by Crippen LogP contribution is 2.31. The summed E-state index contributed by atoms with van der Waals surface area (Å²) in [4.78, 5) is 25.9. The van der Waals surface area contributed by atoms with Crippen molar-refractivity contribution < 1.29 is 36.6 Å². The Hall–Kier alpha value is -3.30. The third kappa shape index (κ3) is 6.34. The Bertz CT molecular complexity index is 800. The van der Waals surface area contributed by atoms with E-state index in [9.17, 15) is 27.2 Å². The van der Waals surface area contributed by atoms with Crippen molar-refractivity contribution in [1.29, 1.82) is 0 Å². The molecule has 2 aromatic carbocycles. The van der Waals surface area contributed by atoms with Crippen LogP contribution in [0, 0.1) is 5.41 Å². The minimum atomic E-state index is -2.96. The van der Waals surface area contributed by atoms with Crippen molar-refractivity contribution in [3.8, 4) is 11.5 Å². The first-order valence-electron chi connectivity index (χ1n) is 9.42. The Labute approximate surface area is 176 Å². The molecule has 0 unspecified atom stereocenters. The molecule has 168 valence electrons. The SMILES string of the molecule is CCC(CC)(C(=O)Nc1ccc(OC(F)F)cc1)C(=O)Nc1ccc(OC(F)F)cc1. The Kier molecular flexibility index (Phi) is 8.23. The first-order valence-corrected chi connectivity index (χ1v) is 9.42. The summed E-state index contributed by atoms with van der Waals surface area (Å²) in [5.74, 6) is -1.28. The van der Waals surface area contributed by atoms with Crippen LogP contribution >= 0.6 is 0 Å². The van der Waals surface area contributed by atoms with Gasteiger partial charge in [0, 0.05) is 11.4 Å². The van der Waals surface area contributed by atoms with E-state index in [-0.39, 0.29) is 24.3 Å². The molecule has 6 nitrogen and oxygen atoms in total. The number of hydrogen-bond acceptors (Lipinski definition) is 4. The molecule has 0 atom stereocenters. The van der Waals surface area contributed by atoms with Crippen molar-refractivity contribution in [3.63, 3.8) is 0 Å². The van der Waals surface area contributed by atoms with Crippen LogP contribution in [-0.4, -0.2) is 25.0 Å². The number of benzene rings is 2. The molecule has 0 saturated heterocycles. The monoisotopic (exact) mass is 442 g/mol. The van der Waals surface area contributed by atoms with Crippen LogP contribution in [0.4, 0.5) is 28.9 Å².